The van der Waals surface area contributed by atoms with Crippen molar-refractivity contribution in [3.05, 3.63) is 0 Å². The molecule has 0 bridgehead atoms. The van der Waals surface area contributed by atoms with Gasteiger partial charge in [0.2, 0.25) is 0 Å². The zero-order valence-electron chi connectivity index (χ0n) is 11.6. The van der Waals surface area contributed by atoms with Gasteiger partial charge in [0, 0.05) is 11.5 Å². The zero-order chi connectivity index (χ0) is 12.3. The van der Waals surface area contributed by atoms with Gasteiger partial charge in [-0.15, -0.1) is 0 Å². The van der Waals surface area contributed by atoms with Gasteiger partial charge in [-0.1, -0.05) is 48.5 Å². The van der Waals surface area contributed by atoms with Crippen molar-refractivity contribution in [2.24, 2.45) is 22.5 Å². The molecule has 0 saturated carbocycles. The Kier molecular flexibility index (Phi) is 5.28. The standard InChI is InChI=1S/C11H23NO.C2H6/c1-8(2)11(10(3,4)5)7-13-6-9(11)12;1-2/h8-9H,6-7,12H2,1-5H3;1-2H3. The van der Waals surface area contributed by atoms with Gasteiger partial charge >= 0.3 is 0 Å². The molecule has 0 aromatic rings. The van der Waals surface area contributed by atoms with Crippen molar-refractivity contribution in [1.29, 1.82) is 0 Å². The molecular formula is C13H29NO. The summed E-state index contributed by atoms with van der Waals surface area (Å²) in [4.78, 5) is 0. The van der Waals surface area contributed by atoms with E-state index in [1.165, 1.54) is 0 Å². The highest BCUT2D eigenvalue weighted by Gasteiger charge is 2.52. The van der Waals surface area contributed by atoms with Crippen molar-refractivity contribution < 1.29 is 4.74 Å². The molecule has 1 fully saturated rings. The van der Waals surface area contributed by atoms with E-state index in [9.17, 15) is 0 Å². The normalized spacial score (nSPS) is 31.4. The Bertz CT molecular complexity index is 183. The van der Waals surface area contributed by atoms with Crippen molar-refractivity contribution in [3.63, 3.8) is 0 Å². The highest BCUT2D eigenvalue weighted by molar-refractivity contribution is 5.02. The molecule has 15 heavy (non-hydrogen) atoms. The molecule has 1 aliphatic heterocycles. The first-order chi connectivity index (χ1) is 6.82. The smallest absolute Gasteiger partial charge is 0.0624 e. The van der Waals surface area contributed by atoms with Gasteiger partial charge in [0.1, 0.15) is 0 Å². The van der Waals surface area contributed by atoms with E-state index >= 15 is 0 Å². The maximum absolute atomic E-state index is 6.18. The van der Waals surface area contributed by atoms with E-state index in [-0.39, 0.29) is 16.9 Å². The van der Waals surface area contributed by atoms with Crippen molar-refractivity contribution >= 4 is 0 Å². The average molecular weight is 215 g/mol. The monoisotopic (exact) mass is 215 g/mol. The van der Waals surface area contributed by atoms with Crippen LogP contribution in [0.25, 0.3) is 0 Å². The van der Waals surface area contributed by atoms with Gasteiger partial charge < -0.3 is 10.5 Å². The molecule has 92 valence electrons. The van der Waals surface area contributed by atoms with Gasteiger partial charge in [0.25, 0.3) is 0 Å². The molecule has 0 aromatic carbocycles. The van der Waals surface area contributed by atoms with Crippen molar-refractivity contribution in [1.82, 2.24) is 0 Å². The van der Waals surface area contributed by atoms with Crippen molar-refractivity contribution in [3.8, 4) is 0 Å². The fraction of sp³-hybridized carbons (Fsp3) is 1.00. The fourth-order valence-electron chi connectivity index (χ4n) is 2.84. The molecule has 0 spiro atoms. The quantitative estimate of drug-likeness (QED) is 0.729. The molecule has 2 nitrogen and oxygen atoms in total. The minimum atomic E-state index is 0.146. The van der Waals surface area contributed by atoms with Gasteiger partial charge in [-0.25, -0.2) is 0 Å². The van der Waals surface area contributed by atoms with E-state index in [1.54, 1.807) is 0 Å². The highest BCUT2D eigenvalue weighted by Crippen LogP contribution is 2.49. The molecule has 2 unspecified atom stereocenters. The molecule has 2 heteroatoms. The maximum atomic E-state index is 6.18. The van der Waals surface area contributed by atoms with Crippen LogP contribution < -0.4 is 5.73 Å². The number of hydrogen-bond acceptors (Lipinski definition) is 2. The first-order valence-electron chi connectivity index (χ1n) is 6.15. The summed E-state index contributed by atoms with van der Waals surface area (Å²) in [7, 11) is 0. The third-order valence-electron chi connectivity index (χ3n) is 3.73. The second kappa shape index (κ2) is 5.31. The van der Waals surface area contributed by atoms with E-state index in [2.05, 4.69) is 34.6 Å². The predicted molar refractivity (Wildman–Crippen MR) is 66.9 cm³/mol. The Morgan fingerprint density at radius 2 is 1.73 bits per heavy atom. The van der Waals surface area contributed by atoms with Gasteiger partial charge in [0.05, 0.1) is 13.2 Å². The van der Waals surface area contributed by atoms with E-state index in [4.69, 9.17) is 10.5 Å². The summed E-state index contributed by atoms with van der Waals surface area (Å²) < 4.78 is 5.54. The fourth-order valence-corrected chi connectivity index (χ4v) is 2.84. The first kappa shape index (κ1) is 14.9. The van der Waals surface area contributed by atoms with Crippen molar-refractivity contribution in [2.75, 3.05) is 13.2 Å². The Hall–Kier alpha value is -0.0800. The topological polar surface area (TPSA) is 35.2 Å². The molecule has 0 amide bonds. The van der Waals surface area contributed by atoms with Crippen LogP contribution in [0.5, 0.6) is 0 Å². The summed E-state index contributed by atoms with van der Waals surface area (Å²) >= 11 is 0. The lowest BCUT2D eigenvalue weighted by molar-refractivity contribution is 0.00834. The summed E-state index contributed by atoms with van der Waals surface area (Å²) in [5.74, 6) is 0.574. The molecular weight excluding hydrogens is 186 g/mol. The summed E-state index contributed by atoms with van der Waals surface area (Å²) in [6.07, 6.45) is 0. The summed E-state index contributed by atoms with van der Waals surface area (Å²) in [6, 6.07) is 0.187. The van der Waals surface area contributed by atoms with Gasteiger partial charge in [-0.05, 0) is 11.3 Å². The van der Waals surface area contributed by atoms with Gasteiger partial charge in [-0.2, -0.15) is 0 Å². The third-order valence-corrected chi connectivity index (χ3v) is 3.73. The average Bonchev–Trinajstić information content (AvgIpc) is 2.50. The largest absolute Gasteiger partial charge is 0.379 e. The Labute approximate surface area is 95.6 Å². The van der Waals surface area contributed by atoms with Crippen LogP contribution in [0.4, 0.5) is 0 Å². The van der Waals surface area contributed by atoms with Crippen LogP contribution in [0.15, 0.2) is 0 Å². The van der Waals surface area contributed by atoms with E-state index < -0.39 is 0 Å². The lowest BCUT2D eigenvalue weighted by Gasteiger charge is -2.47. The molecule has 0 aromatic heterocycles. The highest BCUT2D eigenvalue weighted by atomic mass is 16.5. The van der Waals surface area contributed by atoms with E-state index in [0.717, 1.165) is 13.2 Å². The van der Waals surface area contributed by atoms with Crippen LogP contribution >= 0.6 is 0 Å². The van der Waals surface area contributed by atoms with Crippen LogP contribution in [0.2, 0.25) is 0 Å². The summed E-state index contributed by atoms with van der Waals surface area (Å²) in [6.45, 7) is 16.8. The predicted octanol–water partition coefficient (Wildman–Crippen LogP) is 3.06. The Morgan fingerprint density at radius 3 is 1.87 bits per heavy atom. The zero-order valence-corrected chi connectivity index (χ0v) is 11.6. The number of ether oxygens (including phenoxy) is 1. The molecule has 2 atom stereocenters. The molecule has 1 aliphatic rings. The third kappa shape index (κ3) is 2.54. The van der Waals surface area contributed by atoms with Gasteiger partial charge in [-0.3, -0.25) is 0 Å². The lowest BCUT2D eigenvalue weighted by Crippen LogP contribution is -2.52. The Balaban J connectivity index is 0.000000921. The molecule has 1 heterocycles. The molecule has 1 rings (SSSR count). The number of nitrogens with two attached hydrogens (primary N) is 1. The first-order valence-corrected chi connectivity index (χ1v) is 6.15. The van der Waals surface area contributed by atoms with Crippen LogP contribution in [0.1, 0.15) is 48.5 Å². The summed E-state index contributed by atoms with van der Waals surface area (Å²) in [5.41, 5.74) is 6.54. The van der Waals surface area contributed by atoms with Gasteiger partial charge in [0.15, 0.2) is 0 Å². The van der Waals surface area contributed by atoms with Crippen LogP contribution in [0, 0.1) is 16.7 Å². The minimum Gasteiger partial charge on any atom is -0.379 e. The number of rotatable bonds is 1. The molecule has 0 aliphatic carbocycles. The second-order valence-corrected chi connectivity index (χ2v) is 5.57. The van der Waals surface area contributed by atoms with Crippen LogP contribution in [0.3, 0.4) is 0 Å². The molecule has 0 radical (unpaired) electrons. The Morgan fingerprint density at radius 1 is 1.27 bits per heavy atom. The van der Waals surface area contributed by atoms with E-state index in [0.29, 0.717) is 5.92 Å². The van der Waals surface area contributed by atoms with Crippen LogP contribution in [-0.2, 0) is 4.74 Å². The maximum Gasteiger partial charge on any atom is 0.0624 e. The molecule has 1 saturated heterocycles. The number of hydrogen-bond donors (Lipinski definition) is 1. The lowest BCUT2D eigenvalue weighted by atomic mass is 9.58. The minimum absolute atomic E-state index is 0.146. The SMILES string of the molecule is CC.CC(C)C1(C(C)(C)C)COCC1N. The van der Waals surface area contributed by atoms with Crippen LogP contribution in [-0.4, -0.2) is 19.3 Å². The molecule has 2 N–H and O–H groups in total. The van der Waals surface area contributed by atoms with Crippen molar-refractivity contribution in [2.45, 2.75) is 54.5 Å². The second-order valence-electron chi connectivity index (χ2n) is 5.57. The van der Waals surface area contributed by atoms with E-state index in [1.807, 2.05) is 13.8 Å². The summed E-state index contributed by atoms with van der Waals surface area (Å²) in [5, 5.41) is 0.